The summed E-state index contributed by atoms with van der Waals surface area (Å²) in [6.45, 7) is 0.551. The number of nitrogens with zero attached hydrogens (tertiary/aromatic N) is 5. The van der Waals surface area contributed by atoms with Gasteiger partial charge in [-0.3, -0.25) is 0 Å². The van der Waals surface area contributed by atoms with Gasteiger partial charge in [-0.1, -0.05) is 17.2 Å². The topological polar surface area (TPSA) is 72.9 Å². The Hall–Kier alpha value is -1.95. The largest absolute Gasteiger partial charge is 0.326 e. The van der Waals surface area contributed by atoms with Gasteiger partial charge in [-0.15, -0.1) is 0 Å². The Morgan fingerprint density at radius 3 is 2.50 bits per heavy atom. The first kappa shape index (κ1) is 10.6. The Morgan fingerprint density at radius 2 is 2.00 bits per heavy atom. The lowest BCUT2D eigenvalue weighted by Crippen LogP contribution is -2.14. The molecular weight excluding hydrogens is 204 g/mol. The standard InChI is InChI=1S/C10H14N6/c1-15(10-12-13-14-16(10)2)9-5-3-8(7-11)4-6-9/h3-6H,7,11H2,1-2H3. The lowest BCUT2D eigenvalue weighted by molar-refractivity contribution is 0.708. The van der Waals surface area contributed by atoms with Crippen molar-refractivity contribution in [3.05, 3.63) is 29.8 Å². The molecule has 0 amide bonds. The van der Waals surface area contributed by atoms with Crippen LogP contribution in [0, 0.1) is 0 Å². The zero-order chi connectivity index (χ0) is 11.5. The van der Waals surface area contributed by atoms with Gasteiger partial charge < -0.3 is 10.6 Å². The van der Waals surface area contributed by atoms with Gasteiger partial charge in [-0.25, -0.2) is 4.68 Å². The van der Waals surface area contributed by atoms with E-state index in [-0.39, 0.29) is 0 Å². The summed E-state index contributed by atoms with van der Waals surface area (Å²) in [5.41, 5.74) is 7.67. The van der Waals surface area contributed by atoms with Crippen molar-refractivity contribution in [3.8, 4) is 0 Å². The molecule has 1 heterocycles. The molecule has 0 spiro atoms. The second kappa shape index (κ2) is 4.28. The first-order chi connectivity index (χ1) is 7.72. The summed E-state index contributed by atoms with van der Waals surface area (Å²) < 4.78 is 1.62. The van der Waals surface area contributed by atoms with Crippen LogP contribution in [0.5, 0.6) is 0 Å². The van der Waals surface area contributed by atoms with Gasteiger partial charge in [-0.2, -0.15) is 0 Å². The van der Waals surface area contributed by atoms with Crippen molar-refractivity contribution in [2.45, 2.75) is 6.54 Å². The Bertz CT molecular complexity index is 460. The minimum Gasteiger partial charge on any atom is -0.326 e. The van der Waals surface area contributed by atoms with Crippen LogP contribution in [0.2, 0.25) is 0 Å². The molecular formula is C10H14N6. The van der Waals surface area contributed by atoms with Gasteiger partial charge in [0.05, 0.1) is 0 Å². The van der Waals surface area contributed by atoms with E-state index < -0.39 is 0 Å². The van der Waals surface area contributed by atoms with Crippen LogP contribution in [0.4, 0.5) is 11.6 Å². The fourth-order valence-corrected chi connectivity index (χ4v) is 1.48. The molecule has 0 aliphatic rings. The molecule has 6 heteroatoms. The SMILES string of the molecule is CN(c1ccc(CN)cc1)c1nnnn1C. The Labute approximate surface area is 93.7 Å². The van der Waals surface area contributed by atoms with Gasteiger partial charge in [0.2, 0.25) is 5.95 Å². The molecule has 0 radical (unpaired) electrons. The molecule has 6 nitrogen and oxygen atoms in total. The van der Waals surface area contributed by atoms with Gasteiger partial charge in [0.15, 0.2) is 0 Å². The Balaban J connectivity index is 2.27. The molecule has 2 aromatic rings. The van der Waals surface area contributed by atoms with Crippen LogP contribution in [-0.2, 0) is 13.6 Å². The van der Waals surface area contributed by atoms with E-state index in [4.69, 9.17) is 5.73 Å². The molecule has 0 unspecified atom stereocenters. The molecule has 16 heavy (non-hydrogen) atoms. The van der Waals surface area contributed by atoms with Crippen molar-refractivity contribution in [2.24, 2.45) is 12.8 Å². The second-order valence-corrected chi connectivity index (χ2v) is 3.53. The summed E-state index contributed by atoms with van der Waals surface area (Å²) in [5.74, 6) is 0.695. The number of anilines is 2. The van der Waals surface area contributed by atoms with E-state index >= 15 is 0 Å². The number of benzene rings is 1. The number of nitrogens with two attached hydrogens (primary N) is 1. The van der Waals surface area contributed by atoms with Crippen LogP contribution in [0.15, 0.2) is 24.3 Å². The fourth-order valence-electron chi connectivity index (χ4n) is 1.48. The van der Waals surface area contributed by atoms with Gasteiger partial charge in [-0.05, 0) is 28.1 Å². The van der Waals surface area contributed by atoms with E-state index in [0.29, 0.717) is 12.5 Å². The number of tetrazole rings is 1. The fraction of sp³-hybridized carbons (Fsp3) is 0.300. The molecule has 1 aromatic heterocycles. The highest BCUT2D eigenvalue weighted by Gasteiger charge is 2.09. The number of aryl methyl sites for hydroxylation is 1. The lowest BCUT2D eigenvalue weighted by Gasteiger charge is -2.16. The molecule has 2 N–H and O–H groups in total. The molecule has 2 rings (SSSR count). The van der Waals surface area contributed by atoms with Crippen molar-refractivity contribution >= 4 is 11.6 Å². The molecule has 0 aliphatic carbocycles. The predicted octanol–water partition coefficient (Wildman–Crippen LogP) is 0.437. The normalized spacial score (nSPS) is 10.4. The summed E-state index contributed by atoms with van der Waals surface area (Å²) in [6.07, 6.45) is 0. The molecule has 0 fully saturated rings. The summed E-state index contributed by atoms with van der Waals surface area (Å²) in [5, 5.41) is 11.3. The highest BCUT2D eigenvalue weighted by molar-refractivity contribution is 5.56. The van der Waals surface area contributed by atoms with E-state index in [1.807, 2.05) is 36.2 Å². The number of aromatic nitrogens is 4. The number of hydrogen-bond acceptors (Lipinski definition) is 5. The van der Waals surface area contributed by atoms with Crippen LogP contribution in [-0.4, -0.2) is 27.3 Å². The van der Waals surface area contributed by atoms with E-state index in [1.54, 1.807) is 11.7 Å². The maximum atomic E-state index is 5.54. The van der Waals surface area contributed by atoms with Crippen LogP contribution in [0.1, 0.15) is 5.56 Å². The summed E-state index contributed by atoms with van der Waals surface area (Å²) in [6, 6.07) is 7.99. The first-order valence-electron chi connectivity index (χ1n) is 4.97. The lowest BCUT2D eigenvalue weighted by atomic mass is 10.2. The average Bonchev–Trinajstić information content (AvgIpc) is 2.75. The van der Waals surface area contributed by atoms with Gasteiger partial charge in [0.25, 0.3) is 0 Å². The van der Waals surface area contributed by atoms with Crippen LogP contribution < -0.4 is 10.6 Å². The van der Waals surface area contributed by atoms with Crippen LogP contribution >= 0.6 is 0 Å². The summed E-state index contributed by atoms with van der Waals surface area (Å²) in [7, 11) is 3.73. The zero-order valence-electron chi connectivity index (χ0n) is 9.33. The zero-order valence-corrected chi connectivity index (χ0v) is 9.33. The molecule has 84 valence electrons. The third-order valence-corrected chi connectivity index (χ3v) is 2.46. The van der Waals surface area contributed by atoms with Crippen molar-refractivity contribution in [3.63, 3.8) is 0 Å². The Kier molecular flexibility index (Phi) is 2.82. The smallest absolute Gasteiger partial charge is 0.249 e. The quantitative estimate of drug-likeness (QED) is 0.809. The second-order valence-electron chi connectivity index (χ2n) is 3.53. The molecule has 0 atom stereocenters. The van der Waals surface area contributed by atoms with E-state index in [0.717, 1.165) is 11.3 Å². The van der Waals surface area contributed by atoms with Crippen molar-refractivity contribution in [1.29, 1.82) is 0 Å². The first-order valence-corrected chi connectivity index (χ1v) is 4.97. The van der Waals surface area contributed by atoms with Crippen molar-refractivity contribution < 1.29 is 0 Å². The predicted molar refractivity (Wildman–Crippen MR) is 61.2 cm³/mol. The molecule has 1 aromatic carbocycles. The summed E-state index contributed by atoms with van der Waals surface area (Å²) in [4.78, 5) is 1.92. The third-order valence-electron chi connectivity index (χ3n) is 2.46. The number of rotatable bonds is 3. The van der Waals surface area contributed by atoms with Gasteiger partial charge in [0, 0.05) is 26.3 Å². The number of hydrogen-bond donors (Lipinski definition) is 1. The van der Waals surface area contributed by atoms with E-state index in [9.17, 15) is 0 Å². The molecule has 0 saturated carbocycles. The highest BCUT2D eigenvalue weighted by atomic mass is 15.6. The maximum Gasteiger partial charge on any atom is 0.249 e. The third kappa shape index (κ3) is 1.87. The average molecular weight is 218 g/mol. The van der Waals surface area contributed by atoms with E-state index in [1.165, 1.54) is 0 Å². The van der Waals surface area contributed by atoms with Gasteiger partial charge >= 0.3 is 0 Å². The molecule has 0 aliphatic heterocycles. The summed E-state index contributed by atoms with van der Waals surface area (Å²) >= 11 is 0. The molecule has 0 saturated heterocycles. The van der Waals surface area contributed by atoms with Crippen LogP contribution in [0.25, 0.3) is 0 Å². The van der Waals surface area contributed by atoms with Gasteiger partial charge in [0.1, 0.15) is 0 Å². The Morgan fingerprint density at radius 1 is 1.31 bits per heavy atom. The monoisotopic (exact) mass is 218 g/mol. The minimum absolute atomic E-state index is 0.551. The minimum atomic E-state index is 0.551. The van der Waals surface area contributed by atoms with Crippen molar-refractivity contribution in [2.75, 3.05) is 11.9 Å². The maximum absolute atomic E-state index is 5.54. The highest BCUT2D eigenvalue weighted by Crippen LogP contribution is 2.20. The van der Waals surface area contributed by atoms with E-state index in [2.05, 4.69) is 15.5 Å². The van der Waals surface area contributed by atoms with Crippen molar-refractivity contribution in [1.82, 2.24) is 20.2 Å². The molecule has 0 bridgehead atoms. The van der Waals surface area contributed by atoms with Crippen LogP contribution in [0.3, 0.4) is 0 Å².